The van der Waals surface area contributed by atoms with Gasteiger partial charge in [-0.15, -0.1) is 0 Å². The highest BCUT2D eigenvalue weighted by Crippen LogP contribution is 2.27. The predicted octanol–water partition coefficient (Wildman–Crippen LogP) is 4.33. The van der Waals surface area contributed by atoms with Crippen LogP contribution in [0.25, 0.3) is 0 Å². The van der Waals surface area contributed by atoms with E-state index in [-0.39, 0.29) is 25.0 Å². The van der Waals surface area contributed by atoms with Crippen molar-refractivity contribution in [2.75, 3.05) is 17.1 Å². The van der Waals surface area contributed by atoms with Crippen LogP contribution in [0.15, 0.2) is 48.5 Å². The van der Waals surface area contributed by atoms with Crippen LogP contribution < -0.4 is 9.62 Å². The Kier molecular flexibility index (Phi) is 9.54. The van der Waals surface area contributed by atoms with Gasteiger partial charge in [0.2, 0.25) is 21.8 Å². The first kappa shape index (κ1) is 27.7. The maximum atomic E-state index is 13.8. The Hall–Kier alpha value is -2.87. The summed E-state index contributed by atoms with van der Waals surface area (Å²) in [7, 11) is -3.75. The van der Waals surface area contributed by atoms with E-state index in [0.717, 1.165) is 48.6 Å². The van der Waals surface area contributed by atoms with Crippen molar-refractivity contribution in [3.8, 4) is 0 Å². The zero-order valence-corrected chi connectivity index (χ0v) is 22.7. The number of nitrogens with zero attached hydrogens (tertiary/aromatic N) is 2. The van der Waals surface area contributed by atoms with Crippen LogP contribution in [0.1, 0.15) is 62.1 Å². The van der Waals surface area contributed by atoms with Gasteiger partial charge >= 0.3 is 0 Å². The first-order chi connectivity index (χ1) is 17.1. The molecule has 196 valence electrons. The van der Waals surface area contributed by atoms with Crippen LogP contribution in [-0.4, -0.2) is 50.0 Å². The number of sulfonamides is 1. The zero-order valence-electron chi connectivity index (χ0n) is 21.9. The van der Waals surface area contributed by atoms with E-state index in [1.54, 1.807) is 4.90 Å². The van der Waals surface area contributed by atoms with Crippen LogP contribution in [0.2, 0.25) is 0 Å². The van der Waals surface area contributed by atoms with Crippen molar-refractivity contribution in [1.82, 2.24) is 10.2 Å². The molecular weight excluding hydrogens is 474 g/mol. The van der Waals surface area contributed by atoms with Gasteiger partial charge in [-0.05, 0) is 49.8 Å². The molecule has 0 heterocycles. The molecule has 1 N–H and O–H groups in total. The molecule has 0 aliphatic heterocycles. The molecule has 1 aliphatic rings. The lowest BCUT2D eigenvalue weighted by atomic mass is 9.95. The van der Waals surface area contributed by atoms with Gasteiger partial charge in [-0.2, -0.15) is 0 Å². The number of hydrogen-bond donors (Lipinski definition) is 1. The lowest BCUT2D eigenvalue weighted by molar-refractivity contribution is -0.140. The summed E-state index contributed by atoms with van der Waals surface area (Å²) >= 11 is 0. The summed E-state index contributed by atoms with van der Waals surface area (Å²) in [6, 6.07) is 14.4. The van der Waals surface area contributed by atoms with Crippen molar-refractivity contribution in [1.29, 1.82) is 0 Å². The average molecular weight is 514 g/mol. The highest BCUT2D eigenvalue weighted by Gasteiger charge is 2.33. The SMILES string of the molecule is CCC(C(=O)NC1CCCCC1)N(Cc1ccccc1)C(=O)CN(c1c(C)cccc1C)S(C)(=O)=O. The molecule has 2 aromatic rings. The van der Waals surface area contributed by atoms with Gasteiger partial charge in [0.1, 0.15) is 12.6 Å². The highest BCUT2D eigenvalue weighted by molar-refractivity contribution is 7.92. The van der Waals surface area contributed by atoms with E-state index in [4.69, 9.17) is 0 Å². The van der Waals surface area contributed by atoms with Crippen LogP contribution >= 0.6 is 0 Å². The van der Waals surface area contributed by atoms with Gasteiger partial charge in [-0.3, -0.25) is 13.9 Å². The molecule has 1 unspecified atom stereocenters. The molecule has 0 saturated heterocycles. The lowest BCUT2D eigenvalue weighted by Gasteiger charge is -2.34. The fourth-order valence-corrected chi connectivity index (χ4v) is 5.98. The van der Waals surface area contributed by atoms with Crippen LogP contribution in [0, 0.1) is 13.8 Å². The molecule has 0 spiro atoms. The predicted molar refractivity (Wildman–Crippen MR) is 144 cm³/mol. The molecule has 2 amide bonds. The average Bonchev–Trinajstić information content (AvgIpc) is 2.83. The molecule has 0 bridgehead atoms. The number of carbonyl (C=O) groups is 2. The minimum absolute atomic E-state index is 0.121. The van der Waals surface area contributed by atoms with Crippen molar-refractivity contribution in [3.63, 3.8) is 0 Å². The molecule has 1 atom stereocenters. The standard InChI is InChI=1S/C28H39N3O4S/c1-5-25(28(33)29-24-17-10-7-11-18-24)30(19-23-15-8-6-9-16-23)26(32)20-31(36(4,34)35)27-21(2)13-12-14-22(27)3/h6,8-9,12-16,24-25H,5,7,10-11,17-20H2,1-4H3,(H,29,33). The molecule has 2 aromatic carbocycles. The summed E-state index contributed by atoms with van der Waals surface area (Å²) in [5.41, 5.74) is 2.93. The van der Waals surface area contributed by atoms with Crippen molar-refractivity contribution in [2.45, 2.75) is 77.9 Å². The fourth-order valence-electron chi connectivity index (χ4n) is 5.02. The number of para-hydroxylation sites is 1. The van der Waals surface area contributed by atoms with Gasteiger partial charge in [0, 0.05) is 12.6 Å². The lowest BCUT2D eigenvalue weighted by Crippen LogP contribution is -2.54. The van der Waals surface area contributed by atoms with Crippen molar-refractivity contribution in [2.24, 2.45) is 0 Å². The number of nitrogens with one attached hydrogen (secondary N) is 1. The molecule has 36 heavy (non-hydrogen) atoms. The molecular formula is C28H39N3O4S. The molecule has 0 aromatic heterocycles. The van der Waals surface area contributed by atoms with E-state index in [2.05, 4.69) is 5.32 Å². The number of aryl methyl sites for hydroxylation is 2. The maximum Gasteiger partial charge on any atom is 0.244 e. The minimum atomic E-state index is -3.75. The van der Waals surface area contributed by atoms with Crippen molar-refractivity contribution in [3.05, 3.63) is 65.2 Å². The second-order valence-electron chi connectivity index (χ2n) is 9.78. The van der Waals surface area contributed by atoms with Crippen LogP contribution in [0.5, 0.6) is 0 Å². The Morgan fingerprint density at radius 2 is 1.58 bits per heavy atom. The second-order valence-corrected chi connectivity index (χ2v) is 11.7. The number of rotatable bonds is 10. The van der Waals surface area contributed by atoms with Gasteiger partial charge in [0.25, 0.3) is 0 Å². The van der Waals surface area contributed by atoms with E-state index in [0.29, 0.717) is 12.1 Å². The third-order valence-corrected chi connectivity index (χ3v) is 8.01. The van der Waals surface area contributed by atoms with Gasteiger partial charge in [0.05, 0.1) is 11.9 Å². The van der Waals surface area contributed by atoms with Crippen LogP contribution in [0.4, 0.5) is 5.69 Å². The quantitative estimate of drug-likeness (QED) is 0.512. The Bertz CT molecular complexity index is 1120. The normalized spacial score (nSPS) is 15.2. The number of hydrogen-bond acceptors (Lipinski definition) is 4. The summed E-state index contributed by atoms with van der Waals surface area (Å²) in [5.74, 6) is -0.579. The third kappa shape index (κ3) is 7.09. The minimum Gasteiger partial charge on any atom is -0.352 e. The highest BCUT2D eigenvalue weighted by atomic mass is 32.2. The Balaban J connectivity index is 1.93. The van der Waals surface area contributed by atoms with E-state index in [9.17, 15) is 18.0 Å². The van der Waals surface area contributed by atoms with Gasteiger partial charge in [0.15, 0.2) is 0 Å². The molecule has 0 radical (unpaired) electrons. The second kappa shape index (κ2) is 12.4. The summed E-state index contributed by atoms with van der Waals surface area (Å²) in [5, 5.41) is 3.16. The number of anilines is 1. The van der Waals surface area contributed by atoms with E-state index >= 15 is 0 Å². The Labute approximate surface area is 215 Å². The summed E-state index contributed by atoms with van der Waals surface area (Å²) < 4.78 is 26.9. The first-order valence-corrected chi connectivity index (χ1v) is 14.6. The molecule has 1 aliphatic carbocycles. The summed E-state index contributed by atoms with van der Waals surface area (Å²) in [6.45, 7) is 5.40. The van der Waals surface area contributed by atoms with Crippen LogP contribution in [0.3, 0.4) is 0 Å². The monoisotopic (exact) mass is 513 g/mol. The molecule has 3 rings (SSSR count). The third-order valence-electron chi connectivity index (χ3n) is 6.90. The molecule has 7 nitrogen and oxygen atoms in total. The summed E-state index contributed by atoms with van der Waals surface area (Å²) in [6.07, 6.45) is 6.80. The van der Waals surface area contributed by atoms with Gasteiger partial charge in [-0.25, -0.2) is 8.42 Å². The molecule has 8 heteroatoms. The number of amides is 2. The molecule has 1 fully saturated rings. The Morgan fingerprint density at radius 3 is 2.14 bits per heavy atom. The smallest absolute Gasteiger partial charge is 0.244 e. The van der Waals surface area contributed by atoms with Crippen LogP contribution in [-0.2, 0) is 26.2 Å². The first-order valence-electron chi connectivity index (χ1n) is 12.8. The van der Waals surface area contributed by atoms with Crippen molar-refractivity contribution >= 4 is 27.5 Å². The van der Waals surface area contributed by atoms with Crippen molar-refractivity contribution < 1.29 is 18.0 Å². The number of benzene rings is 2. The van der Waals surface area contributed by atoms with Gasteiger partial charge in [-0.1, -0.05) is 74.7 Å². The molecule has 1 saturated carbocycles. The number of carbonyl (C=O) groups excluding carboxylic acids is 2. The van der Waals surface area contributed by atoms with E-state index < -0.39 is 22.0 Å². The Morgan fingerprint density at radius 1 is 0.972 bits per heavy atom. The summed E-state index contributed by atoms with van der Waals surface area (Å²) in [4.78, 5) is 28.8. The van der Waals surface area contributed by atoms with Gasteiger partial charge < -0.3 is 10.2 Å². The topological polar surface area (TPSA) is 86.8 Å². The fraction of sp³-hybridized carbons (Fsp3) is 0.500. The van der Waals surface area contributed by atoms with E-state index in [1.165, 1.54) is 10.7 Å². The zero-order chi connectivity index (χ0) is 26.3. The van der Waals surface area contributed by atoms with E-state index in [1.807, 2.05) is 69.3 Å². The maximum absolute atomic E-state index is 13.8. The largest absolute Gasteiger partial charge is 0.352 e.